The Labute approximate surface area is 278 Å². The van der Waals surface area contributed by atoms with Gasteiger partial charge in [-0.1, -0.05) is 12.1 Å². The molecule has 0 spiro atoms. The second kappa shape index (κ2) is 13.5. The number of alkyl halides is 3. The molecule has 0 saturated carbocycles. The third kappa shape index (κ3) is 7.95. The van der Waals surface area contributed by atoms with Crippen molar-refractivity contribution in [3.63, 3.8) is 0 Å². The molecule has 2 aromatic heterocycles. The summed E-state index contributed by atoms with van der Waals surface area (Å²) >= 11 is 0. The van der Waals surface area contributed by atoms with Crippen molar-refractivity contribution in [2.75, 3.05) is 37.7 Å². The molecule has 4 heterocycles. The number of nitro groups is 1. The number of nitrogens with zero attached hydrogens (tertiary/aromatic N) is 6. The largest absolute Gasteiger partial charge is 0.573 e. The Morgan fingerprint density at radius 1 is 0.857 bits per heavy atom. The SMILES string of the molecule is O=[N+]([O-])c1cn2c(n1)OC(COc1ccc3nc(N4CCN(Cc5ccc(Oc6ccc(OC(F)(F)F)cc6)cc5)CC4)ccc3c1)CC2. The Morgan fingerprint density at radius 3 is 2.27 bits per heavy atom. The standard InChI is InChI=1S/C34H31F3N6O6/c35-34(36,37)49-27-8-6-26(7-9-27)47-25-4-1-23(2-5-25)20-40-15-17-41(18-16-40)31-12-3-24-19-28(10-11-30(24)38-31)46-22-29-13-14-42-21-32(43(44)45)39-33(42)48-29/h1-12,19,21,29H,13-18,20,22H2. The second-order valence-electron chi connectivity index (χ2n) is 11.7. The van der Waals surface area contributed by atoms with E-state index in [0.717, 1.165) is 55.0 Å². The fourth-order valence-corrected chi connectivity index (χ4v) is 5.79. The molecule has 1 fully saturated rings. The number of fused-ring (bicyclic) bond motifs is 2. The minimum atomic E-state index is -4.74. The Balaban J connectivity index is 0.875. The van der Waals surface area contributed by atoms with E-state index in [0.29, 0.717) is 36.8 Å². The van der Waals surface area contributed by atoms with Crippen molar-refractivity contribution in [3.05, 3.63) is 101 Å². The number of hydrogen-bond acceptors (Lipinski definition) is 10. The number of ether oxygens (including phenoxy) is 4. The number of halogens is 3. The number of aromatic nitrogens is 3. The molecule has 5 aromatic rings. The third-order valence-electron chi connectivity index (χ3n) is 8.28. The average Bonchev–Trinajstić information content (AvgIpc) is 3.53. The van der Waals surface area contributed by atoms with Crippen LogP contribution in [0.5, 0.6) is 29.0 Å². The first-order chi connectivity index (χ1) is 23.6. The smallest absolute Gasteiger partial charge is 0.490 e. The van der Waals surface area contributed by atoms with Crippen molar-refractivity contribution >= 4 is 22.5 Å². The van der Waals surface area contributed by atoms with Gasteiger partial charge in [-0.25, -0.2) is 4.98 Å². The molecule has 1 atom stereocenters. The molecule has 2 aliphatic heterocycles. The van der Waals surface area contributed by atoms with Gasteiger partial charge in [-0.2, -0.15) is 0 Å². The number of piperazine rings is 1. The van der Waals surface area contributed by atoms with Crippen molar-refractivity contribution in [1.82, 2.24) is 19.4 Å². The maximum Gasteiger partial charge on any atom is 0.573 e. The first-order valence-corrected chi connectivity index (χ1v) is 15.7. The number of aryl methyl sites for hydroxylation is 1. The molecular weight excluding hydrogens is 645 g/mol. The van der Waals surface area contributed by atoms with E-state index in [1.165, 1.54) is 30.5 Å². The minimum absolute atomic E-state index is 0.230. The molecule has 0 radical (unpaired) electrons. The molecule has 7 rings (SSSR count). The summed E-state index contributed by atoms with van der Waals surface area (Å²) in [5.41, 5.74) is 1.99. The van der Waals surface area contributed by atoms with Crippen molar-refractivity contribution in [3.8, 4) is 29.0 Å². The monoisotopic (exact) mass is 676 g/mol. The Kier molecular flexibility index (Phi) is 8.82. The number of imidazole rings is 1. The molecule has 0 N–H and O–H groups in total. The molecule has 12 nitrogen and oxygen atoms in total. The number of hydrogen-bond donors (Lipinski definition) is 0. The van der Waals surface area contributed by atoms with E-state index in [4.69, 9.17) is 19.2 Å². The second-order valence-corrected chi connectivity index (χ2v) is 11.7. The predicted octanol–water partition coefficient (Wildman–Crippen LogP) is 6.58. The van der Waals surface area contributed by atoms with Crippen LogP contribution in [0.1, 0.15) is 12.0 Å². The first-order valence-electron chi connectivity index (χ1n) is 15.7. The van der Waals surface area contributed by atoms with E-state index >= 15 is 0 Å². The van der Waals surface area contributed by atoms with Crippen LogP contribution < -0.4 is 23.8 Å². The van der Waals surface area contributed by atoms with Crippen LogP contribution in [0.2, 0.25) is 0 Å². The molecule has 3 aromatic carbocycles. The quantitative estimate of drug-likeness (QED) is 0.119. The lowest BCUT2D eigenvalue weighted by atomic mass is 10.1. The van der Waals surface area contributed by atoms with Gasteiger partial charge in [0, 0.05) is 56.1 Å². The summed E-state index contributed by atoms with van der Waals surface area (Å²) in [5.74, 6) is 2.07. The highest BCUT2D eigenvalue weighted by Crippen LogP contribution is 2.29. The highest BCUT2D eigenvalue weighted by molar-refractivity contribution is 5.81. The Hall–Kier alpha value is -5.57. The Bertz CT molecular complexity index is 1930. The van der Waals surface area contributed by atoms with Gasteiger partial charge in [-0.3, -0.25) is 9.47 Å². The zero-order valence-corrected chi connectivity index (χ0v) is 26.1. The molecule has 1 unspecified atom stereocenters. The summed E-state index contributed by atoms with van der Waals surface area (Å²) in [6.07, 6.45) is -2.96. The van der Waals surface area contributed by atoms with E-state index in [1.54, 1.807) is 4.57 Å². The van der Waals surface area contributed by atoms with Crippen molar-refractivity contribution in [1.29, 1.82) is 0 Å². The van der Waals surface area contributed by atoms with E-state index in [2.05, 4.69) is 19.5 Å². The lowest BCUT2D eigenvalue weighted by Gasteiger charge is -2.35. The minimum Gasteiger partial charge on any atom is -0.490 e. The van der Waals surface area contributed by atoms with Gasteiger partial charge in [0.05, 0.1) is 5.52 Å². The van der Waals surface area contributed by atoms with E-state index in [-0.39, 0.29) is 23.7 Å². The summed E-state index contributed by atoms with van der Waals surface area (Å²) in [7, 11) is 0. The lowest BCUT2D eigenvalue weighted by molar-refractivity contribution is -0.389. The number of rotatable bonds is 10. The van der Waals surface area contributed by atoms with Crippen LogP contribution in [0.25, 0.3) is 10.9 Å². The van der Waals surface area contributed by atoms with E-state index < -0.39 is 11.3 Å². The van der Waals surface area contributed by atoms with Crippen LogP contribution >= 0.6 is 0 Å². The molecule has 2 aliphatic rings. The first kappa shape index (κ1) is 32.0. The Morgan fingerprint density at radius 2 is 1.55 bits per heavy atom. The summed E-state index contributed by atoms with van der Waals surface area (Å²) in [4.78, 5) is 23.9. The van der Waals surface area contributed by atoms with Gasteiger partial charge < -0.3 is 34.0 Å². The molecule has 49 heavy (non-hydrogen) atoms. The molecule has 0 amide bonds. The van der Waals surface area contributed by atoms with Gasteiger partial charge in [0.2, 0.25) is 0 Å². The van der Waals surface area contributed by atoms with Gasteiger partial charge in [-0.05, 0) is 77.2 Å². The highest BCUT2D eigenvalue weighted by Gasteiger charge is 2.31. The van der Waals surface area contributed by atoms with Crippen LogP contribution in [0.15, 0.2) is 85.1 Å². The molecule has 15 heteroatoms. The normalized spacial score (nSPS) is 16.6. The van der Waals surface area contributed by atoms with Crippen LogP contribution in [-0.4, -0.2) is 69.6 Å². The maximum absolute atomic E-state index is 12.4. The summed E-state index contributed by atoms with van der Waals surface area (Å²) < 4.78 is 60.2. The molecule has 1 saturated heterocycles. The number of pyridine rings is 1. The molecular formula is C34H31F3N6O6. The van der Waals surface area contributed by atoms with Gasteiger partial charge >= 0.3 is 18.2 Å². The maximum atomic E-state index is 12.4. The van der Waals surface area contributed by atoms with E-state index in [1.807, 2.05) is 54.6 Å². The molecule has 0 aliphatic carbocycles. The molecule has 254 valence electrons. The topological polar surface area (TPSA) is 117 Å². The van der Waals surface area contributed by atoms with Crippen molar-refractivity contribution in [2.24, 2.45) is 0 Å². The highest BCUT2D eigenvalue weighted by atomic mass is 19.4. The number of benzene rings is 3. The fourth-order valence-electron chi connectivity index (χ4n) is 5.79. The van der Waals surface area contributed by atoms with Crippen LogP contribution in [0.4, 0.5) is 24.8 Å². The van der Waals surface area contributed by atoms with Gasteiger partial charge in [0.1, 0.15) is 47.7 Å². The number of anilines is 1. The van der Waals surface area contributed by atoms with Crippen LogP contribution in [0, 0.1) is 10.1 Å². The third-order valence-corrected chi connectivity index (χ3v) is 8.28. The molecule has 0 bridgehead atoms. The lowest BCUT2D eigenvalue weighted by Crippen LogP contribution is -2.46. The zero-order chi connectivity index (χ0) is 34.0. The summed E-state index contributed by atoms with van der Waals surface area (Å²) in [6, 6.07) is 23.0. The fraction of sp³-hybridized carbons (Fsp3) is 0.294. The van der Waals surface area contributed by atoms with Gasteiger partial charge in [-0.15, -0.1) is 13.2 Å². The zero-order valence-electron chi connectivity index (χ0n) is 26.1. The van der Waals surface area contributed by atoms with E-state index in [9.17, 15) is 23.3 Å². The van der Waals surface area contributed by atoms with Crippen LogP contribution in [-0.2, 0) is 13.1 Å². The van der Waals surface area contributed by atoms with Crippen molar-refractivity contribution < 1.29 is 37.0 Å². The van der Waals surface area contributed by atoms with Gasteiger partial charge in [0.15, 0.2) is 0 Å². The average molecular weight is 677 g/mol. The summed E-state index contributed by atoms with van der Waals surface area (Å²) in [5, 5.41) is 12.0. The van der Waals surface area contributed by atoms with Gasteiger partial charge in [0.25, 0.3) is 0 Å². The van der Waals surface area contributed by atoms with Crippen molar-refractivity contribution in [2.45, 2.75) is 32.0 Å². The van der Waals surface area contributed by atoms with Crippen LogP contribution in [0.3, 0.4) is 0 Å². The summed E-state index contributed by atoms with van der Waals surface area (Å²) in [6.45, 7) is 5.04. The predicted molar refractivity (Wildman–Crippen MR) is 172 cm³/mol.